The van der Waals surface area contributed by atoms with Gasteiger partial charge in [-0.2, -0.15) is 0 Å². The molecule has 3 heterocycles. The van der Waals surface area contributed by atoms with E-state index in [4.69, 9.17) is 4.42 Å². The fraction of sp³-hybridized carbons (Fsp3) is 0.357. The SMILES string of the molecule is O=C(NCCN1CCN(Cc2ccccc2)CC1)C1Cc2ccccc2CN1C(=O)c1ccco1. The first-order valence-corrected chi connectivity index (χ1v) is 12.3. The first kappa shape index (κ1) is 23.3. The number of nitrogens with zero attached hydrogens (tertiary/aromatic N) is 3. The van der Waals surface area contributed by atoms with Crippen LogP contribution in [-0.4, -0.2) is 71.8 Å². The van der Waals surface area contributed by atoms with Gasteiger partial charge in [-0.3, -0.25) is 19.4 Å². The Hall–Kier alpha value is -3.42. The maximum Gasteiger partial charge on any atom is 0.290 e. The van der Waals surface area contributed by atoms with Crippen molar-refractivity contribution in [3.63, 3.8) is 0 Å². The maximum atomic E-state index is 13.2. The maximum absolute atomic E-state index is 13.2. The normalized spacial score (nSPS) is 18.7. The predicted octanol–water partition coefficient (Wildman–Crippen LogP) is 2.78. The lowest BCUT2D eigenvalue weighted by Crippen LogP contribution is -2.54. The average molecular weight is 473 g/mol. The van der Waals surface area contributed by atoms with Gasteiger partial charge in [0, 0.05) is 58.8 Å². The molecule has 5 rings (SSSR count). The van der Waals surface area contributed by atoms with Crippen molar-refractivity contribution in [2.75, 3.05) is 39.3 Å². The number of amides is 2. The highest BCUT2D eigenvalue weighted by atomic mass is 16.3. The number of carbonyl (C=O) groups excluding carboxylic acids is 2. The number of carbonyl (C=O) groups is 2. The molecule has 0 radical (unpaired) electrons. The zero-order valence-electron chi connectivity index (χ0n) is 19.9. The highest BCUT2D eigenvalue weighted by Gasteiger charge is 2.35. The van der Waals surface area contributed by atoms with E-state index in [0.29, 0.717) is 19.5 Å². The van der Waals surface area contributed by atoms with E-state index in [0.717, 1.165) is 50.4 Å². The molecular weight excluding hydrogens is 440 g/mol. The molecule has 0 spiro atoms. The molecule has 7 heteroatoms. The van der Waals surface area contributed by atoms with Gasteiger partial charge >= 0.3 is 0 Å². The molecule has 1 aromatic heterocycles. The molecule has 35 heavy (non-hydrogen) atoms. The van der Waals surface area contributed by atoms with Crippen molar-refractivity contribution < 1.29 is 14.0 Å². The lowest BCUT2D eigenvalue weighted by Gasteiger charge is -2.36. The summed E-state index contributed by atoms with van der Waals surface area (Å²) in [5.74, 6) is -0.100. The minimum atomic E-state index is -0.551. The molecule has 3 aromatic rings. The molecule has 2 amide bonds. The smallest absolute Gasteiger partial charge is 0.290 e. The third kappa shape index (κ3) is 5.63. The average Bonchev–Trinajstić information content (AvgIpc) is 3.44. The van der Waals surface area contributed by atoms with E-state index in [1.54, 1.807) is 17.0 Å². The standard InChI is InChI=1S/C28H32N4O3/c33-27(29-12-13-30-14-16-31(17-15-30)20-22-7-2-1-3-8-22)25-19-23-9-4-5-10-24(23)21-32(25)28(34)26-11-6-18-35-26/h1-11,18,25H,12-17,19-21H2,(H,29,33). The Kier molecular flexibility index (Phi) is 7.25. The van der Waals surface area contributed by atoms with Gasteiger partial charge in [-0.15, -0.1) is 0 Å². The molecule has 182 valence electrons. The second-order valence-electron chi connectivity index (χ2n) is 9.29. The minimum Gasteiger partial charge on any atom is -0.459 e. The molecule has 1 saturated heterocycles. The van der Waals surface area contributed by atoms with E-state index in [1.165, 1.54) is 11.8 Å². The Morgan fingerprint density at radius 1 is 0.857 bits per heavy atom. The van der Waals surface area contributed by atoms with E-state index in [-0.39, 0.29) is 17.6 Å². The second kappa shape index (κ2) is 10.9. The van der Waals surface area contributed by atoms with Crippen LogP contribution in [0.25, 0.3) is 0 Å². The van der Waals surface area contributed by atoms with Crippen LogP contribution >= 0.6 is 0 Å². The van der Waals surface area contributed by atoms with Gasteiger partial charge in [-0.25, -0.2) is 0 Å². The lowest BCUT2D eigenvalue weighted by atomic mass is 9.93. The van der Waals surface area contributed by atoms with E-state index in [2.05, 4.69) is 39.4 Å². The summed E-state index contributed by atoms with van der Waals surface area (Å²) >= 11 is 0. The summed E-state index contributed by atoms with van der Waals surface area (Å²) in [7, 11) is 0. The molecule has 1 unspecified atom stereocenters. The van der Waals surface area contributed by atoms with Gasteiger partial charge in [0.15, 0.2) is 5.76 Å². The minimum absolute atomic E-state index is 0.109. The van der Waals surface area contributed by atoms with Crippen molar-refractivity contribution in [1.82, 2.24) is 20.0 Å². The Morgan fingerprint density at radius 3 is 2.31 bits per heavy atom. The van der Waals surface area contributed by atoms with Gasteiger partial charge in [-0.1, -0.05) is 54.6 Å². The molecule has 0 aliphatic carbocycles. The quantitative estimate of drug-likeness (QED) is 0.573. The number of nitrogens with one attached hydrogen (secondary N) is 1. The highest BCUT2D eigenvalue weighted by molar-refractivity contribution is 5.96. The summed E-state index contributed by atoms with van der Waals surface area (Å²) in [6.45, 7) is 6.77. The third-order valence-corrected chi connectivity index (χ3v) is 6.99. The highest BCUT2D eigenvalue weighted by Crippen LogP contribution is 2.25. The molecule has 2 aromatic carbocycles. The summed E-state index contributed by atoms with van der Waals surface area (Å²) in [4.78, 5) is 32.8. The summed E-state index contributed by atoms with van der Waals surface area (Å²) in [6.07, 6.45) is 1.99. The van der Waals surface area contributed by atoms with E-state index in [9.17, 15) is 9.59 Å². The molecule has 1 atom stereocenters. The van der Waals surface area contributed by atoms with Crippen molar-refractivity contribution in [1.29, 1.82) is 0 Å². The Bertz CT molecular complexity index is 1120. The summed E-state index contributed by atoms with van der Waals surface area (Å²) < 4.78 is 5.34. The van der Waals surface area contributed by atoms with Gasteiger partial charge < -0.3 is 14.6 Å². The number of hydrogen-bond donors (Lipinski definition) is 1. The predicted molar refractivity (Wildman–Crippen MR) is 134 cm³/mol. The first-order chi connectivity index (χ1) is 17.2. The number of furan rings is 1. The number of piperazine rings is 1. The van der Waals surface area contributed by atoms with Crippen LogP contribution in [0.4, 0.5) is 0 Å². The Labute approximate surface area is 206 Å². The van der Waals surface area contributed by atoms with Crippen LogP contribution in [0.5, 0.6) is 0 Å². The van der Waals surface area contributed by atoms with Crippen LogP contribution in [0.2, 0.25) is 0 Å². The van der Waals surface area contributed by atoms with Crippen LogP contribution in [0.3, 0.4) is 0 Å². The van der Waals surface area contributed by atoms with E-state index >= 15 is 0 Å². The van der Waals surface area contributed by atoms with E-state index in [1.807, 2.05) is 30.3 Å². The molecule has 0 saturated carbocycles. The number of rotatable bonds is 7. The fourth-order valence-electron chi connectivity index (χ4n) is 4.98. The fourth-order valence-corrected chi connectivity index (χ4v) is 4.98. The topological polar surface area (TPSA) is 69.0 Å². The molecular formula is C28H32N4O3. The summed E-state index contributed by atoms with van der Waals surface area (Å²) in [6, 6.07) is 21.4. The molecule has 7 nitrogen and oxygen atoms in total. The van der Waals surface area contributed by atoms with Gasteiger partial charge in [0.25, 0.3) is 5.91 Å². The number of fused-ring (bicyclic) bond motifs is 1. The molecule has 1 fully saturated rings. The summed E-state index contributed by atoms with van der Waals surface area (Å²) in [5.41, 5.74) is 3.53. The Morgan fingerprint density at radius 2 is 1.57 bits per heavy atom. The second-order valence-corrected chi connectivity index (χ2v) is 9.29. The molecule has 2 aliphatic rings. The Balaban J connectivity index is 1.14. The lowest BCUT2D eigenvalue weighted by molar-refractivity contribution is -0.126. The van der Waals surface area contributed by atoms with Gasteiger partial charge in [0.05, 0.1) is 6.26 Å². The number of hydrogen-bond acceptors (Lipinski definition) is 5. The largest absolute Gasteiger partial charge is 0.459 e. The van der Waals surface area contributed by atoms with Crippen LogP contribution < -0.4 is 5.32 Å². The van der Waals surface area contributed by atoms with Crippen molar-refractivity contribution in [3.8, 4) is 0 Å². The number of benzene rings is 2. The molecule has 1 N–H and O–H groups in total. The zero-order valence-corrected chi connectivity index (χ0v) is 19.9. The van der Waals surface area contributed by atoms with Gasteiger partial charge in [0.1, 0.15) is 6.04 Å². The molecule has 2 aliphatic heterocycles. The third-order valence-electron chi connectivity index (χ3n) is 6.99. The van der Waals surface area contributed by atoms with Crippen LogP contribution in [0.1, 0.15) is 27.2 Å². The van der Waals surface area contributed by atoms with Gasteiger partial charge in [0.2, 0.25) is 5.91 Å². The molecule has 0 bridgehead atoms. The van der Waals surface area contributed by atoms with Crippen molar-refractivity contribution in [3.05, 3.63) is 95.4 Å². The van der Waals surface area contributed by atoms with Crippen LogP contribution in [0.15, 0.2) is 77.4 Å². The van der Waals surface area contributed by atoms with E-state index < -0.39 is 6.04 Å². The zero-order chi connectivity index (χ0) is 24.0. The van der Waals surface area contributed by atoms with Crippen molar-refractivity contribution in [2.24, 2.45) is 0 Å². The van der Waals surface area contributed by atoms with Crippen LogP contribution in [0, 0.1) is 0 Å². The first-order valence-electron chi connectivity index (χ1n) is 12.3. The van der Waals surface area contributed by atoms with Crippen molar-refractivity contribution in [2.45, 2.75) is 25.6 Å². The monoisotopic (exact) mass is 472 g/mol. The summed E-state index contributed by atoms with van der Waals surface area (Å²) in [5, 5.41) is 3.09. The van der Waals surface area contributed by atoms with Crippen molar-refractivity contribution >= 4 is 11.8 Å². The van der Waals surface area contributed by atoms with Crippen LogP contribution in [-0.2, 0) is 24.3 Å². The van der Waals surface area contributed by atoms with Gasteiger partial charge in [-0.05, 0) is 28.8 Å².